The Morgan fingerprint density at radius 3 is 2.63 bits per heavy atom. The number of nitrogens with one attached hydrogen (secondary N) is 2. The SMILES string of the molecule is Cc1ccc(-c2nnc(SCC(=O)Nc3oc(C)c4c(C)n[nH]c(=O)c34)n2C)cc1. The van der Waals surface area contributed by atoms with Crippen LogP contribution in [0.3, 0.4) is 0 Å². The zero-order chi connectivity index (χ0) is 21.4. The minimum Gasteiger partial charge on any atom is -0.444 e. The van der Waals surface area contributed by atoms with Crippen LogP contribution in [0.15, 0.2) is 38.6 Å². The van der Waals surface area contributed by atoms with Gasteiger partial charge in [0.1, 0.15) is 11.1 Å². The number of carbonyl (C=O) groups excluding carboxylic acids is 1. The second-order valence-electron chi connectivity index (χ2n) is 6.94. The number of H-pyrrole nitrogens is 1. The number of thioether (sulfide) groups is 1. The molecule has 2 N–H and O–H groups in total. The molecular formula is C20H20N6O3S. The lowest BCUT2D eigenvalue weighted by molar-refractivity contribution is -0.113. The number of hydrogen-bond acceptors (Lipinski definition) is 7. The Bertz CT molecular complexity index is 1300. The molecule has 0 spiro atoms. The van der Waals surface area contributed by atoms with E-state index in [1.807, 2.05) is 42.8 Å². The monoisotopic (exact) mass is 424 g/mol. The Balaban J connectivity index is 1.49. The highest BCUT2D eigenvalue weighted by atomic mass is 32.2. The molecule has 0 atom stereocenters. The summed E-state index contributed by atoms with van der Waals surface area (Å²) in [6, 6.07) is 8.00. The van der Waals surface area contributed by atoms with Gasteiger partial charge in [-0.1, -0.05) is 41.6 Å². The molecule has 10 heteroatoms. The number of rotatable bonds is 5. The van der Waals surface area contributed by atoms with Gasteiger partial charge in [-0.25, -0.2) is 5.10 Å². The normalized spacial score (nSPS) is 11.2. The van der Waals surface area contributed by atoms with Crippen molar-refractivity contribution in [3.63, 3.8) is 0 Å². The number of nitrogens with zero attached hydrogens (tertiary/aromatic N) is 4. The van der Waals surface area contributed by atoms with Crippen molar-refractivity contribution in [1.29, 1.82) is 0 Å². The summed E-state index contributed by atoms with van der Waals surface area (Å²) in [6.45, 7) is 5.52. The molecule has 0 saturated carbocycles. The molecule has 1 amide bonds. The van der Waals surface area contributed by atoms with Crippen LogP contribution in [0, 0.1) is 20.8 Å². The molecule has 4 aromatic rings. The van der Waals surface area contributed by atoms with Gasteiger partial charge in [0.15, 0.2) is 11.0 Å². The minimum absolute atomic E-state index is 0.0864. The van der Waals surface area contributed by atoms with Gasteiger partial charge in [-0.05, 0) is 20.8 Å². The number of aryl methyl sites for hydroxylation is 3. The minimum atomic E-state index is -0.411. The van der Waals surface area contributed by atoms with Gasteiger partial charge in [-0.3, -0.25) is 14.9 Å². The van der Waals surface area contributed by atoms with Crippen molar-refractivity contribution in [2.24, 2.45) is 7.05 Å². The van der Waals surface area contributed by atoms with Gasteiger partial charge in [0, 0.05) is 12.6 Å². The molecule has 1 aromatic carbocycles. The van der Waals surface area contributed by atoms with E-state index in [0.717, 1.165) is 17.0 Å². The Kier molecular flexibility index (Phi) is 5.17. The second kappa shape index (κ2) is 7.79. The zero-order valence-corrected chi connectivity index (χ0v) is 17.8. The first-order valence-corrected chi connectivity index (χ1v) is 10.2. The first kappa shape index (κ1) is 19.9. The van der Waals surface area contributed by atoms with Crippen LogP contribution in [0.5, 0.6) is 0 Å². The number of aromatic amines is 1. The number of anilines is 1. The number of carbonyl (C=O) groups is 1. The van der Waals surface area contributed by atoms with Crippen LogP contribution < -0.4 is 10.9 Å². The number of amides is 1. The molecular weight excluding hydrogens is 404 g/mol. The quantitative estimate of drug-likeness (QED) is 0.473. The Morgan fingerprint density at radius 2 is 1.90 bits per heavy atom. The number of hydrogen-bond donors (Lipinski definition) is 2. The lowest BCUT2D eigenvalue weighted by atomic mass is 10.1. The highest BCUT2D eigenvalue weighted by Gasteiger charge is 2.19. The van der Waals surface area contributed by atoms with E-state index in [2.05, 4.69) is 25.7 Å². The summed E-state index contributed by atoms with van der Waals surface area (Å²) in [4.78, 5) is 24.7. The number of aromatic nitrogens is 5. The zero-order valence-electron chi connectivity index (χ0n) is 16.9. The third kappa shape index (κ3) is 3.61. The highest BCUT2D eigenvalue weighted by molar-refractivity contribution is 7.99. The molecule has 0 radical (unpaired) electrons. The van der Waals surface area contributed by atoms with E-state index in [-0.39, 0.29) is 17.5 Å². The fourth-order valence-corrected chi connectivity index (χ4v) is 3.93. The smallest absolute Gasteiger partial charge is 0.277 e. The first-order chi connectivity index (χ1) is 14.3. The highest BCUT2D eigenvalue weighted by Crippen LogP contribution is 2.29. The maximum Gasteiger partial charge on any atom is 0.277 e. The van der Waals surface area contributed by atoms with Gasteiger partial charge in [-0.15, -0.1) is 10.2 Å². The lowest BCUT2D eigenvalue weighted by Crippen LogP contribution is -2.16. The molecule has 0 aliphatic heterocycles. The molecule has 0 bridgehead atoms. The summed E-state index contributed by atoms with van der Waals surface area (Å²) < 4.78 is 7.45. The molecule has 9 nitrogen and oxygen atoms in total. The number of fused-ring (bicyclic) bond motifs is 1. The predicted octanol–water partition coefficient (Wildman–Crippen LogP) is 2.97. The van der Waals surface area contributed by atoms with Gasteiger partial charge >= 0.3 is 0 Å². The molecule has 0 unspecified atom stereocenters. The van der Waals surface area contributed by atoms with E-state index < -0.39 is 5.56 Å². The molecule has 3 heterocycles. The summed E-state index contributed by atoms with van der Waals surface area (Å²) in [7, 11) is 1.86. The van der Waals surface area contributed by atoms with Crippen molar-refractivity contribution in [1.82, 2.24) is 25.0 Å². The topological polar surface area (TPSA) is 119 Å². The average molecular weight is 424 g/mol. The van der Waals surface area contributed by atoms with E-state index >= 15 is 0 Å². The van der Waals surface area contributed by atoms with Crippen molar-refractivity contribution < 1.29 is 9.21 Å². The number of furan rings is 1. The van der Waals surface area contributed by atoms with Gasteiger partial charge < -0.3 is 8.98 Å². The second-order valence-corrected chi connectivity index (χ2v) is 7.89. The summed E-state index contributed by atoms with van der Waals surface area (Å²) >= 11 is 1.25. The molecule has 154 valence electrons. The maximum atomic E-state index is 12.5. The largest absolute Gasteiger partial charge is 0.444 e. The van der Waals surface area contributed by atoms with Crippen molar-refractivity contribution in [2.75, 3.05) is 11.1 Å². The lowest BCUT2D eigenvalue weighted by Gasteiger charge is -2.05. The Morgan fingerprint density at radius 1 is 1.17 bits per heavy atom. The molecule has 0 aliphatic carbocycles. The van der Waals surface area contributed by atoms with Crippen LogP contribution in [0.2, 0.25) is 0 Å². The first-order valence-electron chi connectivity index (χ1n) is 9.22. The fourth-order valence-electron chi connectivity index (χ4n) is 3.22. The van der Waals surface area contributed by atoms with Crippen LogP contribution in [0.1, 0.15) is 17.0 Å². The Labute approximate surface area is 175 Å². The van der Waals surface area contributed by atoms with Crippen molar-refractivity contribution in [3.8, 4) is 11.4 Å². The third-order valence-electron chi connectivity index (χ3n) is 4.73. The molecule has 0 saturated heterocycles. The van der Waals surface area contributed by atoms with Crippen LogP contribution in [-0.2, 0) is 11.8 Å². The number of benzene rings is 1. The fraction of sp³-hybridized carbons (Fsp3) is 0.250. The van der Waals surface area contributed by atoms with Crippen LogP contribution in [0.4, 0.5) is 5.88 Å². The molecule has 3 aromatic heterocycles. The molecule has 30 heavy (non-hydrogen) atoms. The molecule has 0 fully saturated rings. The third-order valence-corrected chi connectivity index (χ3v) is 5.75. The van der Waals surface area contributed by atoms with Crippen LogP contribution in [-0.4, -0.2) is 36.6 Å². The van der Waals surface area contributed by atoms with E-state index in [9.17, 15) is 9.59 Å². The van der Waals surface area contributed by atoms with E-state index in [0.29, 0.717) is 27.4 Å². The van der Waals surface area contributed by atoms with E-state index in [1.165, 1.54) is 11.8 Å². The summed E-state index contributed by atoms with van der Waals surface area (Å²) in [6.07, 6.45) is 0. The van der Waals surface area contributed by atoms with Crippen LogP contribution in [0.25, 0.3) is 22.2 Å². The summed E-state index contributed by atoms with van der Waals surface area (Å²) in [5.41, 5.74) is 2.33. The van der Waals surface area contributed by atoms with E-state index in [4.69, 9.17) is 4.42 Å². The van der Waals surface area contributed by atoms with Crippen molar-refractivity contribution in [3.05, 3.63) is 51.6 Å². The van der Waals surface area contributed by atoms with Gasteiger partial charge in [0.05, 0.1) is 16.8 Å². The standard InChI is InChI=1S/C20H20N6O3S/c1-10-5-7-13(8-6-10)17-23-25-20(26(17)4)30-9-14(27)21-19-16-15(12(3)29-19)11(2)22-24-18(16)28/h5-8H,9H2,1-4H3,(H,21,27)(H,24,28). The Hall–Kier alpha value is -3.40. The van der Waals surface area contributed by atoms with Crippen molar-refractivity contribution in [2.45, 2.75) is 25.9 Å². The van der Waals surface area contributed by atoms with Gasteiger partial charge in [-0.2, -0.15) is 5.10 Å². The predicted molar refractivity (Wildman–Crippen MR) is 115 cm³/mol. The van der Waals surface area contributed by atoms with Crippen molar-refractivity contribution >= 4 is 34.3 Å². The maximum absolute atomic E-state index is 12.5. The average Bonchev–Trinajstić information content (AvgIpc) is 3.24. The summed E-state index contributed by atoms with van der Waals surface area (Å²) in [5.74, 6) is 1.14. The van der Waals surface area contributed by atoms with Crippen LogP contribution >= 0.6 is 11.8 Å². The van der Waals surface area contributed by atoms with Gasteiger partial charge in [0.2, 0.25) is 11.8 Å². The van der Waals surface area contributed by atoms with E-state index in [1.54, 1.807) is 13.8 Å². The summed E-state index contributed by atoms with van der Waals surface area (Å²) in [5, 5.41) is 19.0. The molecule has 4 rings (SSSR count). The van der Waals surface area contributed by atoms with Gasteiger partial charge in [0.25, 0.3) is 5.56 Å². The molecule has 0 aliphatic rings.